The van der Waals surface area contributed by atoms with E-state index in [1.807, 2.05) is 91.0 Å². The summed E-state index contributed by atoms with van der Waals surface area (Å²) >= 11 is 0. The summed E-state index contributed by atoms with van der Waals surface area (Å²) in [7, 11) is 0. The van der Waals surface area contributed by atoms with Gasteiger partial charge in [-0.3, -0.25) is 9.98 Å². The molecule has 216 valence electrons. The maximum atomic E-state index is 5.05. The topological polar surface area (TPSA) is 62.3 Å². The average Bonchev–Trinajstić information content (AvgIpc) is 3.69. The van der Waals surface area contributed by atoms with Gasteiger partial charge in [-0.25, -0.2) is 15.0 Å². The summed E-state index contributed by atoms with van der Waals surface area (Å²) in [6, 6.07) is 46.5. The molecule has 4 aromatic carbocycles. The number of nitrogens with zero attached hydrogens (tertiary/aromatic N) is 5. The number of aliphatic imine (C=N–C) groups is 4. The van der Waals surface area contributed by atoms with E-state index in [4.69, 9.17) is 25.0 Å². The van der Waals surface area contributed by atoms with Gasteiger partial charge in [0.15, 0.2) is 11.7 Å². The first-order valence-electron chi connectivity index (χ1n) is 13.3. The van der Waals surface area contributed by atoms with Crippen LogP contribution < -0.4 is 37.2 Å². The monoisotopic (exact) mass is 671 g/mol. The van der Waals surface area contributed by atoms with Crippen LogP contribution >= 0.6 is 0 Å². The standard InChI is InChI=1S/C35H25N5.3ClH.V/c1-5-14-24(15-6-1)30-31(25-16-7-2-8-17-25)38-34(37-30)28-22-13-23-29(36-28)35-39-32(26-18-9-3-10-19-26)33(40-35)27-20-11-4-12-21-27;;;;/h1-23,30,32H;3*1H;/q;;;;+3/p-3. The van der Waals surface area contributed by atoms with Gasteiger partial charge in [0, 0.05) is 0 Å². The van der Waals surface area contributed by atoms with Crippen LogP contribution in [0.2, 0.25) is 0 Å². The largest absolute Gasteiger partial charge is 3.00 e. The third kappa shape index (κ3) is 7.10. The average molecular weight is 673 g/mol. The van der Waals surface area contributed by atoms with Crippen LogP contribution in [0, 0.1) is 0 Å². The number of amidine groups is 2. The van der Waals surface area contributed by atoms with Crippen molar-refractivity contribution in [2.75, 3.05) is 0 Å². The smallest absolute Gasteiger partial charge is 1.00 e. The first-order valence-corrected chi connectivity index (χ1v) is 13.3. The molecule has 2 aliphatic heterocycles. The molecular formula is C35H25Cl3N5V. The number of halogens is 3. The van der Waals surface area contributed by atoms with Gasteiger partial charge in [-0.2, -0.15) is 0 Å². The fraction of sp³-hybridized carbons (Fsp3) is 0.0571. The molecule has 0 spiro atoms. The predicted octanol–water partition coefficient (Wildman–Crippen LogP) is -1.93. The Kier molecular flexibility index (Phi) is 12.4. The van der Waals surface area contributed by atoms with Crippen LogP contribution in [0.4, 0.5) is 0 Å². The second-order valence-corrected chi connectivity index (χ2v) is 9.67. The van der Waals surface area contributed by atoms with Gasteiger partial charge in [-0.15, -0.1) is 0 Å². The SMILES string of the molecule is [Cl-].[Cl-].[Cl-].[V+3].c1ccc(C2=NC(c3cccc(C4=NC(c5ccccc5)C(c5ccccc5)=N4)n3)=NC2c2ccccc2)cc1. The Balaban J connectivity index is 0.00000132. The van der Waals surface area contributed by atoms with E-state index >= 15 is 0 Å². The van der Waals surface area contributed by atoms with Gasteiger partial charge in [0.2, 0.25) is 0 Å². The third-order valence-electron chi connectivity index (χ3n) is 7.05. The molecule has 0 fully saturated rings. The first kappa shape index (κ1) is 34.7. The Bertz CT molecular complexity index is 1670. The fourth-order valence-electron chi connectivity index (χ4n) is 5.10. The summed E-state index contributed by atoms with van der Waals surface area (Å²) in [4.78, 5) is 25.1. The summed E-state index contributed by atoms with van der Waals surface area (Å²) in [5, 5.41) is 0. The molecule has 0 saturated carbocycles. The fourth-order valence-corrected chi connectivity index (χ4v) is 5.10. The molecule has 3 heterocycles. The molecule has 44 heavy (non-hydrogen) atoms. The summed E-state index contributed by atoms with van der Waals surface area (Å²) in [6.45, 7) is 0. The molecule has 1 aromatic heterocycles. The van der Waals surface area contributed by atoms with Crippen LogP contribution in [0.5, 0.6) is 0 Å². The van der Waals surface area contributed by atoms with Crippen molar-refractivity contribution in [3.05, 3.63) is 173 Å². The van der Waals surface area contributed by atoms with E-state index in [-0.39, 0.29) is 67.9 Å². The molecular weight excluding hydrogens is 648 g/mol. The van der Waals surface area contributed by atoms with Gasteiger partial charge >= 0.3 is 18.6 Å². The van der Waals surface area contributed by atoms with E-state index in [0.29, 0.717) is 23.1 Å². The second-order valence-electron chi connectivity index (χ2n) is 9.67. The van der Waals surface area contributed by atoms with Gasteiger partial charge in [0.1, 0.15) is 23.5 Å². The van der Waals surface area contributed by atoms with Crippen molar-refractivity contribution in [2.45, 2.75) is 12.1 Å². The molecule has 0 amide bonds. The molecule has 0 aliphatic carbocycles. The first-order chi connectivity index (χ1) is 19.8. The summed E-state index contributed by atoms with van der Waals surface area (Å²) in [5.74, 6) is 1.22. The molecule has 2 unspecified atom stereocenters. The number of hydrogen-bond donors (Lipinski definition) is 0. The Hall–Kier alpha value is -3.84. The van der Waals surface area contributed by atoms with Gasteiger partial charge < -0.3 is 37.2 Å². The Morgan fingerprint density at radius 1 is 0.386 bits per heavy atom. The van der Waals surface area contributed by atoms with E-state index in [9.17, 15) is 0 Å². The number of rotatable bonds is 6. The van der Waals surface area contributed by atoms with Gasteiger partial charge in [0.05, 0.1) is 11.4 Å². The minimum Gasteiger partial charge on any atom is -1.00 e. The van der Waals surface area contributed by atoms with Crippen LogP contribution in [0.25, 0.3) is 0 Å². The van der Waals surface area contributed by atoms with Crippen LogP contribution in [0.15, 0.2) is 159 Å². The zero-order chi connectivity index (χ0) is 26.7. The van der Waals surface area contributed by atoms with Crippen molar-refractivity contribution >= 4 is 23.1 Å². The normalized spacial score (nSPS) is 16.5. The van der Waals surface area contributed by atoms with Gasteiger partial charge in [-0.1, -0.05) is 127 Å². The van der Waals surface area contributed by atoms with Crippen molar-refractivity contribution < 1.29 is 55.8 Å². The minimum atomic E-state index is -0.196. The molecule has 7 rings (SSSR count). The van der Waals surface area contributed by atoms with Crippen LogP contribution in [0.1, 0.15) is 45.7 Å². The predicted molar refractivity (Wildman–Crippen MR) is 162 cm³/mol. The van der Waals surface area contributed by atoms with Crippen molar-refractivity contribution in [3.8, 4) is 0 Å². The van der Waals surface area contributed by atoms with Crippen LogP contribution in [0.3, 0.4) is 0 Å². The van der Waals surface area contributed by atoms with Crippen molar-refractivity contribution in [2.24, 2.45) is 20.0 Å². The van der Waals surface area contributed by atoms with E-state index < -0.39 is 0 Å². The van der Waals surface area contributed by atoms with E-state index in [2.05, 4.69) is 48.5 Å². The van der Waals surface area contributed by atoms with Crippen LogP contribution in [-0.4, -0.2) is 28.1 Å². The molecule has 2 aliphatic rings. The van der Waals surface area contributed by atoms with Crippen molar-refractivity contribution in [1.29, 1.82) is 0 Å². The number of aromatic nitrogens is 1. The number of benzene rings is 4. The van der Waals surface area contributed by atoms with Gasteiger partial charge in [0.25, 0.3) is 0 Å². The maximum absolute atomic E-state index is 5.05. The molecule has 5 nitrogen and oxygen atoms in total. The Morgan fingerprint density at radius 2 is 0.727 bits per heavy atom. The Morgan fingerprint density at radius 3 is 1.09 bits per heavy atom. The van der Waals surface area contributed by atoms with Crippen molar-refractivity contribution in [3.63, 3.8) is 0 Å². The molecule has 0 saturated heterocycles. The summed E-state index contributed by atoms with van der Waals surface area (Å²) in [6.07, 6.45) is 0. The molecule has 5 aromatic rings. The zero-order valence-electron chi connectivity index (χ0n) is 23.3. The molecule has 9 heteroatoms. The Labute approximate surface area is 287 Å². The molecule has 0 N–H and O–H groups in total. The number of pyridine rings is 1. The van der Waals surface area contributed by atoms with Crippen LogP contribution in [-0.2, 0) is 18.6 Å². The molecule has 2 atom stereocenters. The molecule has 0 radical (unpaired) electrons. The molecule has 0 bridgehead atoms. The maximum Gasteiger partial charge on any atom is 3.00 e. The quantitative estimate of drug-likeness (QED) is 0.208. The second kappa shape index (κ2) is 15.8. The van der Waals surface area contributed by atoms with E-state index in [1.54, 1.807) is 0 Å². The minimum absolute atomic E-state index is 0. The number of hydrogen-bond acceptors (Lipinski definition) is 5. The zero-order valence-corrected chi connectivity index (χ0v) is 26.9. The van der Waals surface area contributed by atoms with E-state index in [0.717, 1.165) is 33.7 Å². The van der Waals surface area contributed by atoms with Gasteiger partial charge in [-0.05, 0) is 34.4 Å². The summed E-state index contributed by atoms with van der Waals surface area (Å²) < 4.78 is 0. The summed E-state index contributed by atoms with van der Waals surface area (Å²) in [5.41, 5.74) is 7.53. The third-order valence-corrected chi connectivity index (χ3v) is 7.05. The van der Waals surface area contributed by atoms with Crippen molar-refractivity contribution in [1.82, 2.24) is 4.98 Å². The van der Waals surface area contributed by atoms with E-state index in [1.165, 1.54) is 0 Å².